The molecule has 3 rings (SSSR count). The lowest BCUT2D eigenvalue weighted by molar-refractivity contribution is 0.234. The molecule has 1 atom stereocenters. The lowest BCUT2D eigenvalue weighted by atomic mass is 9.93. The van der Waals surface area contributed by atoms with Crippen LogP contribution in [0.2, 0.25) is 0 Å². The average molecular weight is 342 g/mol. The van der Waals surface area contributed by atoms with Crippen LogP contribution in [0.5, 0.6) is 0 Å². The number of pyridine rings is 1. The zero-order valence-corrected chi connectivity index (χ0v) is 14.9. The molecule has 2 heterocycles. The lowest BCUT2D eigenvalue weighted by Crippen LogP contribution is -2.38. The van der Waals surface area contributed by atoms with Crippen LogP contribution in [0, 0.1) is 0 Å². The predicted molar refractivity (Wildman–Crippen MR) is 97.6 cm³/mol. The Morgan fingerprint density at radius 1 is 1.32 bits per heavy atom. The van der Waals surface area contributed by atoms with E-state index >= 15 is 0 Å². The van der Waals surface area contributed by atoms with E-state index in [4.69, 9.17) is 4.42 Å². The largest absolute Gasteiger partial charge is 0.469 e. The molecule has 2 aromatic rings. The zero-order chi connectivity index (χ0) is 17.6. The number of aryl methyl sites for hydroxylation is 1. The number of hydrogen-bond donors (Lipinski definition) is 2. The standard InChI is InChI=1S/C19H26N4O2/c1-3-23(4-2)18-9-8-14(12-20-18)13-21-19(24)22-16-6-5-7-17-15(16)10-11-25-17/h8-12,16H,3-7,13H2,1-2H3,(H2,21,22,24). The molecule has 1 unspecified atom stereocenters. The van der Waals surface area contributed by atoms with Gasteiger partial charge in [0, 0.05) is 37.8 Å². The molecule has 2 amide bonds. The molecule has 0 bridgehead atoms. The first-order chi connectivity index (χ1) is 12.2. The summed E-state index contributed by atoms with van der Waals surface area (Å²) in [7, 11) is 0. The summed E-state index contributed by atoms with van der Waals surface area (Å²) in [4.78, 5) is 18.9. The molecule has 0 radical (unpaired) electrons. The smallest absolute Gasteiger partial charge is 0.315 e. The van der Waals surface area contributed by atoms with Crippen molar-refractivity contribution >= 4 is 11.8 Å². The Hall–Kier alpha value is -2.50. The SMILES string of the molecule is CCN(CC)c1ccc(CNC(=O)NC2CCCc3occc32)cn1. The van der Waals surface area contributed by atoms with Crippen molar-refractivity contribution in [3.63, 3.8) is 0 Å². The maximum absolute atomic E-state index is 12.2. The minimum Gasteiger partial charge on any atom is -0.469 e. The minimum atomic E-state index is -0.160. The van der Waals surface area contributed by atoms with Crippen LogP contribution in [-0.4, -0.2) is 24.1 Å². The van der Waals surface area contributed by atoms with Gasteiger partial charge < -0.3 is 20.0 Å². The van der Waals surface area contributed by atoms with E-state index in [0.29, 0.717) is 6.54 Å². The number of aromatic nitrogens is 1. The van der Waals surface area contributed by atoms with Gasteiger partial charge in [-0.05, 0) is 44.4 Å². The summed E-state index contributed by atoms with van der Waals surface area (Å²) in [5.74, 6) is 1.96. The van der Waals surface area contributed by atoms with E-state index in [-0.39, 0.29) is 12.1 Å². The number of urea groups is 1. The molecule has 0 aromatic carbocycles. The number of carbonyl (C=O) groups is 1. The normalized spacial score (nSPS) is 16.2. The van der Waals surface area contributed by atoms with Crippen LogP contribution in [0.15, 0.2) is 35.1 Å². The second-order valence-electron chi connectivity index (χ2n) is 6.27. The third-order valence-corrected chi connectivity index (χ3v) is 4.71. The summed E-state index contributed by atoms with van der Waals surface area (Å²) in [6.45, 7) is 6.55. The zero-order valence-electron chi connectivity index (χ0n) is 14.9. The fourth-order valence-electron chi connectivity index (χ4n) is 3.28. The Labute approximate surface area is 148 Å². The van der Waals surface area contributed by atoms with E-state index in [1.165, 1.54) is 0 Å². The van der Waals surface area contributed by atoms with Gasteiger partial charge in [0.05, 0.1) is 12.3 Å². The second kappa shape index (κ2) is 8.05. The van der Waals surface area contributed by atoms with Gasteiger partial charge in [0.1, 0.15) is 11.6 Å². The second-order valence-corrected chi connectivity index (χ2v) is 6.27. The summed E-state index contributed by atoms with van der Waals surface area (Å²) >= 11 is 0. The molecule has 0 spiro atoms. The molecule has 6 nitrogen and oxygen atoms in total. The van der Waals surface area contributed by atoms with Crippen molar-refractivity contribution in [2.75, 3.05) is 18.0 Å². The van der Waals surface area contributed by atoms with Crippen molar-refractivity contribution in [1.82, 2.24) is 15.6 Å². The van der Waals surface area contributed by atoms with Crippen LogP contribution >= 0.6 is 0 Å². The van der Waals surface area contributed by atoms with E-state index in [9.17, 15) is 4.79 Å². The molecule has 6 heteroatoms. The van der Waals surface area contributed by atoms with Crippen molar-refractivity contribution < 1.29 is 9.21 Å². The fourth-order valence-corrected chi connectivity index (χ4v) is 3.28. The van der Waals surface area contributed by atoms with Crippen LogP contribution in [0.25, 0.3) is 0 Å². The number of nitrogens with one attached hydrogen (secondary N) is 2. The highest BCUT2D eigenvalue weighted by atomic mass is 16.3. The fraction of sp³-hybridized carbons (Fsp3) is 0.474. The molecular formula is C19H26N4O2. The minimum absolute atomic E-state index is 0.0330. The number of carbonyl (C=O) groups excluding carboxylic acids is 1. The van der Waals surface area contributed by atoms with Gasteiger partial charge in [-0.1, -0.05) is 6.07 Å². The molecule has 0 aliphatic heterocycles. The molecule has 25 heavy (non-hydrogen) atoms. The Morgan fingerprint density at radius 3 is 2.88 bits per heavy atom. The topological polar surface area (TPSA) is 70.4 Å². The van der Waals surface area contributed by atoms with Gasteiger partial charge in [-0.25, -0.2) is 9.78 Å². The molecule has 2 aromatic heterocycles. The van der Waals surface area contributed by atoms with Crippen molar-refractivity contribution in [2.45, 2.75) is 45.7 Å². The summed E-state index contributed by atoms with van der Waals surface area (Å²) in [6, 6.07) is 5.84. The van der Waals surface area contributed by atoms with Crippen LogP contribution in [0.1, 0.15) is 49.6 Å². The van der Waals surface area contributed by atoms with Gasteiger partial charge in [-0.15, -0.1) is 0 Å². The van der Waals surface area contributed by atoms with Gasteiger partial charge in [0.15, 0.2) is 0 Å². The summed E-state index contributed by atoms with van der Waals surface area (Å²) in [5, 5.41) is 5.95. The highest BCUT2D eigenvalue weighted by molar-refractivity contribution is 5.74. The number of nitrogens with zero attached hydrogens (tertiary/aromatic N) is 2. The Bertz CT molecular complexity index is 692. The highest BCUT2D eigenvalue weighted by Gasteiger charge is 2.23. The molecule has 0 fully saturated rings. The number of rotatable bonds is 6. The lowest BCUT2D eigenvalue weighted by Gasteiger charge is -2.23. The molecule has 1 aliphatic carbocycles. The summed E-state index contributed by atoms with van der Waals surface area (Å²) in [5.41, 5.74) is 2.09. The van der Waals surface area contributed by atoms with E-state index in [2.05, 4.69) is 34.4 Å². The third kappa shape index (κ3) is 4.13. The van der Waals surface area contributed by atoms with Gasteiger partial charge in [-0.2, -0.15) is 0 Å². The molecule has 2 N–H and O–H groups in total. The predicted octanol–water partition coefficient (Wildman–Crippen LogP) is 3.40. The van der Waals surface area contributed by atoms with Crippen LogP contribution in [-0.2, 0) is 13.0 Å². The summed E-state index contributed by atoms with van der Waals surface area (Å²) in [6.07, 6.45) is 6.45. The maximum atomic E-state index is 12.2. The van der Waals surface area contributed by atoms with Crippen molar-refractivity contribution in [3.8, 4) is 0 Å². The van der Waals surface area contributed by atoms with E-state index in [1.807, 2.05) is 24.4 Å². The Balaban J connectivity index is 1.51. The number of amides is 2. The van der Waals surface area contributed by atoms with Gasteiger partial charge in [-0.3, -0.25) is 0 Å². The average Bonchev–Trinajstić information content (AvgIpc) is 3.12. The Kier molecular flexibility index (Phi) is 5.58. The number of hydrogen-bond acceptors (Lipinski definition) is 4. The molecular weight excluding hydrogens is 316 g/mol. The van der Waals surface area contributed by atoms with Crippen LogP contribution in [0.4, 0.5) is 10.6 Å². The molecule has 0 saturated carbocycles. The number of anilines is 1. The van der Waals surface area contributed by atoms with Crippen molar-refractivity contribution in [3.05, 3.63) is 47.5 Å². The van der Waals surface area contributed by atoms with Gasteiger partial charge in [0.2, 0.25) is 0 Å². The van der Waals surface area contributed by atoms with Crippen LogP contribution in [0.3, 0.4) is 0 Å². The number of furan rings is 1. The molecule has 0 saturated heterocycles. The molecule has 134 valence electrons. The first kappa shape index (κ1) is 17.3. The Morgan fingerprint density at radius 2 is 2.16 bits per heavy atom. The van der Waals surface area contributed by atoms with E-state index in [0.717, 1.165) is 55.1 Å². The maximum Gasteiger partial charge on any atom is 0.315 e. The monoisotopic (exact) mass is 342 g/mol. The summed E-state index contributed by atoms with van der Waals surface area (Å²) < 4.78 is 5.46. The van der Waals surface area contributed by atoms with E-state index < -0.39 is 0 Å². The van der Waals surface area contributed by atoms with Crippen molar-refractivity contribution in [1.29, 1.82) is 0 Å². The van der Waals surface area contributed by atoms with Gasteiger partial charge in [0.25, 0.3) is 0 Å². The first-order valence-electron chi connectivity index (χ1n) is 9.01. The number of fused-ring (bicyclic) bond motifs is 1. The third-order valence-electron chi connectivity index (χ3n) is 4.71. The molecule has 1 aliphatic rings. The van der Waals surface area contributed by atoms with E-state index in [1.54, 1.807) is 6.26 Å². The van der Waals surface area contributed by atoms with Gasteiger partial charge >= 0.3 is 6.03 Å². The first-order valence-corrected chi connectivity index (χ1v) is 9.01. The van der Waals surface area contributed by atoms with Crippen molar-refractivity contribution in [2.24, 2.45) is 0 Å². The quantitative estimate of drug-likeness (QED) is 0.844. The highest BCUT2D eigenvalue weighted by Crippen LogP contribution is 2.30. The van der Waals surface area contributed by atoms with Crippen LogP contribution < -0.4 is 15.5 Å².